The lowest BCUT2D eigenvalue weighted by molar-refractivity contribution is 0.102. The van der Waals surface area contributed by atoms with E-state index in [1.54, 1.807) is 19.1 Å². The number of aromatic amines is 1. The normalized spacial score (nSPS) is 11.7. The number of anilines is 1. The van der Waals surface area contributed by atoms with Crippen molar-refractivity contribution in [2.24, 2.45) is 0 Å². The van der Waals surface area contributed by atoms with Crippen LogP contribution >= 0.6 is 0 Å². The number of carbonyl (C=O) groups is 1. The molecule has 0 aliphatic rings. The molecule has 0 radical (unpaired) electrons. The Labute approximate surface area is 157 Å². The van der Waals surface area contributed by atoms with Crippen LogP contribution in [0.25, 0.3) is 10.9 Å². The molecular weight excluding hydrogens is 368 g/mol. The first-order chi connectivity index (χ1) is 12.8. The van der Waals surface area contributed by atoms with Gasteiger partial charge >= 0.3 is 0 Å². The van der Waals surface area contributed by atoms with E-state index < -0.39 is 15.9 Å². The SMILES string of the molecule is CCOc1ccc(NC(=O)c2n[nH]c3ccccc23)cc1S(=O)(=O)N(C)C. The fraction of sp³-hybridized carbons (Fsp3) is 0.222. The molecule has 0 unspecified atom stereocenters. The van der Waals surface area contributed by atoms with Crippen LogP contribution in [-0.2, 0) is 10.0 Å². The van der Waals surface area contributed by atoms with Crippen LogP contribution in [0.4, 0.5) is 5.69 Å². The number of benzene rings is 2. The number of amides is 1. The molecule has 3 rings (SSSR count). The predicted molar refractivity (Wildman–Crippen MR) is 103 cm³/mol. The summed E-state index contributed by atoms with van der Waals surface area (Å²) in [7, 11) is -0.868. The minimum atomic E-state index is -3.74. The van der Waals surface area contributed by atoms with E-state index in [9.17, 15) is 13.2 Å². The quantitative estimate of drug-likeness (QED) is 0.675. The van der Waals surface area contributed by atoms with Gasteiger partial charge in [0.25, 0.3) is 5.91 Å². The van der Waals surface area contributed by atoms with Crippen molar-refractivity contribution in [3.8, 4) is 5.75 Å². The molecule has 1 aromatic heterocycles. The second kappa shape index (κ2) is 7.37. The third-order valence-electron chi connectivity index (χ3n) is 3.95. The van der Waals surface area contributed by atoms with Gasteiger partial charge in [-0.15, -0.1) is 0 Å². The summed E-state index contributed by atoms with van der Waals surface area (Å²) in [6.07, 6.45) is 0. The Hall–Kier alpha value is -2.91. The molecule has 0 saturated carbocycles. The molecule has 3 aromatic rings. The van der Waals surface area contributed by atoms with Crippen LogP contribution < -0.4 is 10.1 Å². The van der Waals surface area contributed by atoms with Crippen molar-refractivity contribution in [3.63, 3.8) is 0 Å². The first kappa shape index (κ1) is 18.9. The highest BCUT2D eigenvalue weighted by Gasteiger charge is 2.24. The van der Waals surface area contributed by atoms with Crippen LogP contribution in [-0.4, -0.2) is 49.5 Å². The zero-order chi connectivity index (χ0) is 19.6. The van der Waals surface area contributed by atoms with Gasteiger partial charge in [-0.3, -0.25) is 9.89 Å². The van der Waals surface area contributed by atoms with E-state index in [4.69, 9.17) is 4.74 Å². The Morgan fingerprint density at radius 1 is 1.22 bits per heavy atom. The van der Waals surface area contributed by atoms with E-state index in [2.05, 4.69) is 15.5 Å². The highest BCUT2D eigenvalue weighted by atomic mass is 32.2. The van der Waals surface area contributed by atoms with Crippen LogP contribution in [0.2, 0.25) is 0 Å². The van der Waals surface area contributed by atoms with Gasteiger partial charge in [0.05, 0.1) is 12.1 Å². The van der Waals surface area contributed by atoms with Crippen molar-refractivity contribution in [2.75, 3.05) is 26.0 Å². The summed E-state index contributed by atoms with van der Waals surface area (Å²) < 4.78 is 31.7. The zero-order valence-corrected chi connectivity index (χ0v) is 16.0. The van der Waals surface area contributed by atoms with Crippen molar-refractivity contribution in [2.45, 2.75) is 11.8 Å². The van der Waals surface area contributed by atoms with Crippen LogP contribution in [0.5, 0.6) is 5.75 Å². The fourth-order valence-corrected chi connectivity index (χ4v) is 3.64. The molecule has 0 fully saturated rings. The molecule has 142 valence electrons. The largest absolute Gasteiger partial charge is 0.492 e. The number of para-hydroxylation sites is 1. The van der Waals surface area contributed by atoms with E-state index in [-0.39, 0.29) is 16.3 Å². The minimum Gasteiger partial charge on any atom is -0.492 e. The molecule has 0 aliphatic carbocycles. The topological polar surface area (TPSA) is 104 Å². The summed E-state index contributed by atoms with van der Waals surface area (Å²) >= 11 is 0. The molecule has 0 saturated heterocycles. The van der Waals surface area contributed by atoms with Gasteiger partial charge in [-0.2, -0.15) is 5.10 Å². The molecule has 8 nitrogen and oxygen atoms in total. The lowest BCUT2D eigenvalue weighted by atomic mass is 10.2. The van der Waals surface area contributed by atoms with Gasteiger partial charge in [-0.25, -0.2) is 12.7 Å². The molecule has 2 N–H and O–H groups in total. The average molecular weight is 388 g/mol. The van der Waals surface area contributed by atoms with Crippen molar-refractivity contribution >= 4 is 32.5 Å². The third kappa shape index (κ3) is 3.64. The van der Waals surface area contributed by atoms with Crippen LogP contribution in [0.1, 0.15) is 17.4 Å². The Kier molecular flexibility index (Phi) is 5.15. The minimum absolute atomic E-state index is 0.0148. The van der Waals surface area contributed by atoms with Crippen LogP contribution in [0.3, 0.4) is 0 Å². The number of nitrogens with zero attached hydrogens (tertiary/aromatic N) is 2. The lowest BCUT2D eigenvalue weighted by Gasteiger charge is -2.16. The number of sulfonamides is 1. The third-order valence-corrected chi connectivity index (χ3v) is 5.78. The van der Waals surface area contributed by atoms with E-state index in [0.717, 1.165) is 9.82 Å². The Balaban J connectivity index is 1.96. The van der Waals surface area contributed by atoms with Gasteiger partial charge in [0, 0.05) is 25.2 Å². The van der Waals surface area contributed by atoms with Gasteiger partial charge in [0.1, 0.15) is 10.6 Å². The average Bonchev–Trinajstić information content (AvgIpc) is 3.07. The predicted octanol–water partition coefficient (Wildman–Crippen LogP) is 2.46. The number of H-pyrrole nitrogens is 1. The number of carbonyl (C=O) groups excluding carboxylic acids is 1. The second-order valence-electron chi connectivity index (χ2n) is 5.95. The number of aromatic nitrogens is 2. The van der Waals surface area contributed by atoms with Gasteiger partial charge in [0.2, 0.25) is 10.0 Å². The molecule has 27 heavy (non-hydrogen) atoms. The molecule has 9 heteroatoms. The number of ether oxygens (including phenoxy) is 1. The summed E-state index contributed by atoms with van der Waals surface area (Å²) in [5.41, 5.74) is 1.30. The van der Waals surface area contributed by atoms with Crippen LogP contribution in [0, 0.1) is 0 Å². The smallest absolute Gasteiger partial charge is 0.276 e. The number of hydrogen-bond donors (Lipinski definition) is 2. The number of rotatable bonds is 6. The molecule has 1 amide bonds. The number of hydrogen-bond acceptors (Lipinski definition) is 5. The Morgan fingerprint density at radius 3 is 2.67 bits per heavy atom. The molecule has 0 spiro atoms. The van der Waals surface area contributed by atoms with Crippen molar-refractivity contribution in [1.82, 2.24) is 14.5 Å². The van der Waals surface area contributed by atoms with E-state index >= 15 is 0 Å². The summed E-state index contributed by atoms with van der Waals surface area (Å²) in [5, 5.41) is 10.2. The molecule has 0 aliphatic heterocycles. The zero-order valence-electron chi connectivity index (χ0n) is 15.2. The summed E-state index contributed by atoms with van der Waals surface area (Å²) in [6.45, 7) is 2.09. The fourth-order valence-electron chi connectivity index (χ4n) is 2.59. The number of nitrogens with one attached hydrogen (secondary N) is 2. The van der Waals surface area contributed by atoms with Crippen molar-refractivity contribution in [1.29, 1.82) is 0 Å². The number of fused-ring (bicyclic) bond motifs is 1. The standard InChI is InChI=1S/C18H20N4O4S/c1-4-26-15-10-9-12(11-16(15)27(24,25)22(2)3)19-18(23)17-13-7-5-6-8-14(13)20-21-17/h5-11H,4H2,1-3H3,(H,19,23)(H,20,21). The summed E-state index contributed by atoms with van der Waals surface area (Å²) in [4.78, 5) is 12.6. The molecule has 2 aromatic carbocycles. The second-order valence-corrected chi connectivity index (χ2v) is 8.07. The monoisotopic (exact) mass is 388 g/mol. The highest BCUT2D eigenvalue weighted by Crippen LogP contribution is 2.29. The maximum atomic E-state index is 12.6. The lowest BCUT2D eigenvalue weighted by Crippen LogP contribution is -2.23. The highest BCUT2D eigenvalue weighted by molar-refractivity contribution is 7.89. The summed E-state index contributed by atoms with van der Waals surface area (Å²) in [5.74, 6) is -0.209. The molecule has 0 atom stereocenters. The molecular formula is C18H20N4O4S. The van der Waals surface area contributed by atoms with E-state index in [1.807, 2.05) is 18.2 Å². The van der Waals surface area contributed by atoms with Gasteiger partial charge in [0.15, 0.2) is 5.69 Å². The van der Waals surface area contributed by atoms with Gasteiger partial charge < -0.3 is 10.1 Å². The van der Waals surface area contributed by atoms with E-state index in [0.29, 0.717) is 17.7 Å². The molecule has 1 heterocycles. The maximum absolute atomic E-state index is 12.6. The first-order valence-electron chi connectivity index (χ1n) is 8.28. The first-order valence-corrected chi connectivity index (χ1v) is 9.72. The Morgan fingerprint density at radius 2 is 1.96 bits per heavy atom. The Bertz CT molecular complexity index is 1090. The van der Waals surface area contributed by atoms with Crippen molar-refractivity contribution in [3.05, 3.63) is 48.2 Å². The maximum Gasteiger partial charge on any atom is 0.276 e. The van der Waals surface area contributed by atoms with Crippen molar-refractivity contribution < 1.29 is 17.9 Å². The van der Waals surface area contributed by atoms with E-state index in [1.165, 1.54) is 26.2 Å². The molecule has 0 bridgehead atoms. The van der Waals surface area contributed by atoms with Crippen LogP contribution in [0.15, 0.2) is 47.4 Å². The van der Waals surface area contributed by atoms with Gasteiger partial charge in [-0.05, 0) is 31.2 Å². The summed E-state index contributed by atoms with van der Waals surface area (Å²) in [6, 6.07) is 11.8. The van der Waals surface area contributed by atoms with Gasteiger partial charge in [-0.1, -0.05) is 18.2 Å².